The number of carboxylic acid groups (broad SMARTS) is 1. The van der Waals surface area contributed by atoms with Crippen molar-refractivity contribution in [1.29, 1.82) is 0 Å². The maximum Gasteiger partial charge on any atom is 0.324 e. The molecule has 2 atom stereocenters. The highest BCUT2D eigenvalue weighted by atomic mass is 16.5. The largest absolute Gasteiger partial charge is 0.480 e. The highest BCUT2D eigenvalue weighted by molar-refractivity contribution is 6.04. The van der Waals surface area contributed by atoms with Crippen LogP contribution in [-0.4, -0.2) is 23.7 Å². The van der Waals surface area contributed by atoms with Crippen molar-refractivity contribution in [3.05, 3.63) is 35.4 Å². The van der Waals surface area contributed by atoms with Crippen LogP contribution in [-0.2, 0) is 20.7 Å². The Morgan fingerprint density at radius 2 is 1.95 bits per heavy atom. The highest BCUT2D eigenvalue weighted by Crippen LogP contribution is 2.60. The van der Waals surface area contributed by atoms with Gasteiger partial charge in [-0.2, -0.15) is 0 Å². The summed E-state index contributed by atoms with van der Waals surface area (Å²) >= 11 is 0. The molecule has 102 valence electrons. The zero-order chi connectivity index (χ0) is 14.0. The van der Waals surface area contributed by atoms with E-state index in [0.717, 1.165) is 12.0 Å². The lowest BCUT2D eigenvalue weighted by atomic mass is 9.98. The second-order valence-electron chi connectivity index (χ2n) is 4.85. The first-order chi connectivity index (χ1) is 9.06. The summed E-state index contributed by atoms with van der Waals surface area (Å²) in [6, 6.07) is 7.78. The summed E-state index contributed by atoms with van der Waals surface area (Å²) < 4.78 is 4.91. The van der Waals surface area contributed by atoms with Gasteiger partial charge in [-0.3, -0.25) is 9.59 Å². The molecule has 0 amide bonds. The SMILES string of the molecule is CCOC(=O)C1(C(=O)O)CC1c1ccc(CC)cc1. The van der Waals surface area contributed by atoms with Crippen LogP contribution in [0.4, 0.5) is 0 Å². The summed E-state index contributed by atoms with van der Waals surface area (Å²) in [7, 11) is 0. The van der Waals surface area contributed by atoms with Crippen molar-refractivity contribution in [2.45, 2.75) is 32.6 Å². The maximum atomic E-state index is 11.9. The van der Waals surface area contributed by atoms with Crippen molar-refractivity contribution in [3.8, 4) is 0 Å². The number of hydrogen-bond donors (Lipinski definition) is 1. The average molecular weight is 262 g/mol. The molecule has 1 aliphatic rings. The Bertz CT molecular complexity index is 491. The molecule has 0 heterocycles. The molecule has 2 unspecified atom stereocenters. The molecule has 0 radical (unpaired) electrons. The topological polar surface area (TPSA) is 63.6 Å². The Labute approximate surface area is 112 Å². The number of rotatable bonds is 5. The Morgan fingerprint density at radius 1 is 1.32 bits per heavy atom. The first-order valence-corrected chi connectivity index (χ1v) is 6.55. The molecule has 1 aromatic carbocycles. The van der Waals surface area contributed by atoms with Crippen molar-refractivity contribution >= 4 is 11.9 Å². The van der Waals surface area contributed by atoms with Crippen LogP contribution < -0.4 is 0 Å². The van der Waals surface area contributed by atoms with Gasteiger partial charge in [0.05, 0.1) is 6.61 Å². The third-order valence-corrected chi connectivity index (χ3v) is 3.77. The number of benzene rings is 1. The molecule has 0 bridgehead atoms. The molecule has 0 aliphatic heterocycles. The van der Waals surface area contributed by atoms with Crippen molar-refractivity contribution in [1.82, 2.24) is 0 Å². The minimum atomic E-state index is -1.37. The number of aliphatic carboxylic acids is 1. The van der Waals surface area contributed by atoms with Gasteiger partial charge in [-0.25, -0.2) is 0 Å². The Hall–Kier alpha value is -1.84. The summed E-state index contributed by atoms with van der Waals surface area (Å²) in [5, 5.41) is 9.33. The molecule has 4 nitrogen and oxygen atoms in total. The van der Waals surface area contributed by atoms with Crippen molar-refractivity contribution in [2.75, 3.05) is 6.61 Å². The minimum Gasteiger partial charge on any atom is -0.480 e. The van der Waals surface area contributed by atoms with Gasteiger partial charge in [0.25, 0.3) is 0 Å². The summed E-state index contributed by atoms with van der Waals surface area (Å²) in [4.78, 5) is 23.3. The normalized spacial score (nSPS) is 24.8. The van der Waals surface area contributed by atoms with Crippen LogP contribution in [0.2, 0.25) is 0 Å². The van der Waals surface area contributed by atoms with E-state index >= 15 is 0 Å². The summed E-state index contributed by atoms with van der Waals surface area (Å²) in [6.07, 6.45) is 1.26. The van der Waals surface area contributed by atoms with E-state index in [2.05, 4.69) is 6.92 Å². The van der Waals surface area contributed by atoms with E-state index in [1.54, 1.807) is 6.92 Å². The van der Waals surface area contributed by atoms with Gasteiger partial charge < -0.3 is 9.84 Å². The molecular formula is C15H18O4. The molecule has 0 aromatic heterocycles. The van der Waals surface area contributed by atoms with E-state index < -0.39 is 17.4 Å². The van der Waals surface area contributed by atoms with Crippen molar-refractivity contribution < 1.29 is 19.4 Å². The second kappa shape index (κ2) is 5.03. The molecule has 2 rings (SSSR count). The Morgan fingerprint density at radius 3 is 2.42 bits per heavy atom. The Kier molecular flexibility index (Phi) is 3.60. The number of hydrogen-bond acceptors (Lipinski definition) is 3. The lowest BCUT2D eigenvalue weighted by molar-refractivity contribution is -0.161. The van der Waals surface area contributed by atoms with E-state index in [0.29, 0.717) is 6.42 Å². The first-order valence-electron chi connectivity index (χ1n) is 6.55. The monoisotopic (exact) mass is 262 g/mol. The van der Waals surface area contributed by atoms with E-state index in [9.17, 15) is 14.7 Å². The zero-order valence-corrected chi connectivity index (χ0v) is 11.2. The molecule has 4 heteroatoms. The number of ether oxygens (including phenoxy) is 1. The van der Waals surface area contributed by atoms with Gasteiger partial charge >= 0.3 is 11.9 Å². The van der Waals surface area contributed by atoms with E-state index in [1.165, 1.54) is 5.56 Å². The number of carbonyl (C=O) groups excluding carboxylic acids is 1. The summed E-state index contributed by atoms with van der Waals surface area (Å²) in [6.45, 7) is 3.95. The fourth-order valence-electron chi connectivity index (χ4n) is 2.46. The van der Waals surface area contributed by atoms with Gasteiger partial charge in [-0.1, -0.05) is 31.2 Å². The fourth-order valence-corrected chi connectivity index (χ4v) is 2.46. The minimum absolute atomic E-state index is 0.204. The average Bonchev–Trinajstić information content (AvgIpc) is 3.16. The molecule has 0 spiro atoms. The lowest BCUT2D eigenvalue weighted by Gasteiger charge is -2.11. The molecule has 0 saturated heterocycles. The fraction of sp³-hybridized carbons (Fsp3) is 0.467. The van der Waals surface area contributed by atoms with Gasteiger partial charge in [-0.05, 0) is 30.9 Å². The van der Waals surface area contributed by atoms with E-state index in [4.69, 9.17) is 4.74 Å². The number of esters is 1. The zero-order valence-electron chi connectivity index (χ0n) is 11.2. The van der Waals surface area contributed by atoms with Gasteiger partial charge in [0.1, 0.15) is 0 Å². The van der Waals surface area contributed by atoms with Gasteiger partial charge in [0.15, 0.2) is 5.41 Å². The number of carboxylic acids is 1. The molecule has 19 heavy (non-hydrogen) atoms. The van der Waals surface area contributed by atoms with E-state index in [-0.39, 0.29) is 12.5 Å². The third-order valence-electron chi connectivity index (χ3n) is 3.77. The first kappa shape index (κ1) is 13.6. The quantitative estimate of drug-likeness (QED) is 0.653. The second-order valence-corrected chi connectivity index (χ2v) is 4.85. The smallest absolute Gasteiger partial charge is 0.324 e. The van der Waals surface area contributed by atoms with Crippen LogP contribution in [0.1, 0.15) is 37.3 Å². The summed E-state index contributed by atoms with van der Waals surface area (Å²) in [5.74, 6) is -1.97. The number of aryl methyl sites for hydroxylation is 1. The van der Waals surface area contributed by atoms with Crippen LogP contribution in [0.3, 0.4) is 0 Å². The van der Waals surface area contributed by atoms with Crippen LogP contribution in [0, 0.1) is 5.41 Å². The van der Waals surface area contributed by atoms with Crippen molar-refractivity contribution in [2.24, 2.45) is 5.41 Å². The van der Waals surface area contributed by atoms with Crippen LogP contribution in [0.25, 0.3) is 0 Å². The predicted octanol–water partition coefficient (Wildman–Crippen LogP) is 2.37. The maximum absolute atomic E-state index is 11.9. The molecule has 1 aliphatic carbocycles. The van der Waals surface area contributed by atoms with Crippen LogP contribution >= 0.6 is 0 Å². The Balaban J connectivity index is 2.22. The standard InChI is InChI=1S/C15H18O4/c1-3-10-5-7-11(8-6-10)12-9-15(12,13(16)17)14(18)19-4-2/h5-8,12H,3-4,9H2,1-2H3,(H,16,17). The highest BCUT2D eigenvalue weighted by Gasteiger charge is 2.68. The van der Waals surface area contributed by atoms with E-state index in [1.807, 2.05) is 24.3 Å². The van der Waals surface area contributed by atoms with Crippen LogP contribution in [0.5, 0.6) is 0 Å². The summed E-state index contributed by atoms with van der Waals surface area (Å²) in [5.41, 5.74) is 0.720. The van der Waals surface area contributed by atoms with Crippen LogP contribution in [0.15, 0.2) is 24.3 Å². The van der Waals surface area contributed by atoms with Gasteiger partial charge in [0, 0.05) is 5.92 Å². The molecular weight excluding hydrogens is 244 g/mol. The van der Waals surface area contributed by atoms with Gasteiger partial charge in [-0.15, -0.1) is 0 Å². The third kappa shape index (κ3) is 2.23. The number of carbonyl (C=O) groups is 2. The molecule has 1 saturated carbocycles. The molecule has 1 fully saturated rings. The predicted molar refractivity (Wildman–Crippen MR) is 69.9 cm³/mol. The lowest BCUT2D eigenvalue weighted by Crippen LogP contribution is -2.29. The molecule has 1 aromatic rings. The van der Waals surface area contributed by atoms with Crippen molar-refractivity contribution in [3.63, 3.8) is 0 Å². The van der Waals surface area contributed by atoms with Gasteiger partial charge in [0.2, 0.25) is 0 Å². The molecule has 1 N–H and O–H groups in total.